The van der Waals surface area contributed by atoms with Gasteiger partial charge in [0.1, 0.15) is 18.5 Å². The van der Waals surface area contributed by atoms with E-state index in [4.69, 9.17) is 15.2 Å². The molecule has 112 valence electrons. The van der Waals surface area contributed by atoms with Crippen molar-refractivity contribution in [2.45, 2.75) is 6.10 Å². The summed E-state index contributed by atoms with van der Waals surface area (Å²) < 4.78 is 11.5. The van der Waals surface area contributed by atoms with E-state index in [1.54, 1.807) is 13.2 Å². The van der Waals surface area contributed by atoms with Gasteiger partial charge in [-0.1, -0.05) is 34.1 Å². The molecule has 3 N–H and O–H groups in total. The van der Waals surface area contributed by atoms with E-state index >= 15 is 0 Å². The lowest BCUT2D eigenvalue weighted by Gasteiger charge is -2.18. The normalized spacial score (nSPS) is 12.1. The van der Waals surface area contributed by atoms with Crippen molar-refractivity contribution in [1.29, 1.82) is 0 Å². The van der Waals surface area contributed by atoms with E-state index in [-0.39, 0.29) is 0 Å². The summed E-state index contributed by atoms with van der Waals surface area (Å²) in [5.41, 5.74) is 7.82. The molecule has 0 heterocycles. The zero-order chi connectivity index (χ0) is 15.2. The molecule has 2 rings (SSSR count). The number of hydrogen-bond donors (Lipinski definition) is 2. The molecule has 5 heteroatoms. The average molecular weight is 352 g/mol. The van der Waals surface area contributed by atoms with Crippen LogP contribution in [0.4, 0.5) is 5.69 Å². The Labute approximate surface area is 132 Å². The maximum atomic E-state index is 10.6. The maximum Gasteiger partial charge on any atom is 0.125 e. The van der Waals surface area contributed by atoms with Crippen molar-refractivity contribution in [3.8, 4) is 5.75 Å². The molecule has 0 aliphatic carbocycles. The number of aliphatic hydroxyl groups is 1. The van der Waals surface area contributed by atoms with Crippen LogP contribution in [0.5, 0.6) is 5.75 Å². The molecule has 0 amide bonds. The first kappa shape index (κ1) is 15.8. The Morgan fingerprint density at radius 2 is 1.90 bits per heavy atom. The van der Waals surface area contributed by atoms with Crippen molar-refractivity contribution < 1.29 is 14.6 Å². The molecule has 0 aliphatic heterocycles. The number of nitrogens with two attached hydrogens (primary N) is 1. The molecule has 4 nitrogen and oxygen atoms in total. The molecule has 0 radical (unpaired) electrons. The zero-order valence-electron chi connectivity index (χ0n) is 11.8. The van der Waals surface area contributed by atoms with Gasteiger partial charge in [-0.15, -0.1) is 0 Å². The fourth-order valence-electron chi connectivity index (χ4n) is 2.02. The third-order valence-electron chi connectivity index (χ3n) is 3.10. The molecule has 0 saturated carbocycles. The smallest absolute Gasteiger partial charge is 0.125 e. The van der Waals surface area contributed by atoms with Crippen LogP contribution in [0.2, 0.25) is 0 Å². The van der Waals surface area contributed by atoms with Crippen molar-refractivity contribution in [2.24, 2.45) is 0 Å². The number of anilines is 1. The summed E-state index contributed by atoms with van der Waals surface area (Å²) in [7, 11) is 1.62. The van der Waals surface area contributed by atoms with Crippen LogP contribution in [0.15, 0.2) is 46.9 Å². The Balaban J connectivity index is 2.30. The highest BCUT2D eigenvalue weighted by molar-refractivity contribution is 9.10. The molecular formula is C16H18BrNO3. The molecule has 1 unspecified atom stereocenters. The summed E-state index contributed by atoms with van der Waals surface area (Å²) >= 11 is 3.39. The van der Waals surface area contributed by atoms with Crippen LogP contribution < -0.4 is 10.5 Å². The first-order valence-corrected chi connectivity index (χ1v) is 7.36. The number of nitrogen functional groups attached to an aromatic ring is 1. The fraction of sp³-hybridized carbons (Fsp3) is 0.250. The van der Waals surface area contributed by atoms with E-state index in [2.05, 4.69) is 15.9 Å². The molecule has 0 spiro atoms. The minimum absolute atomic E-state index is 0.425. The number of methoxy groups -OCH3 is 1. The van der Waals surface area contributed by atoms with Crippen molar-refractivity contribution in [1.82, 2.24) is 0 Å². The van der Waals surface area contributed by atoms with E-state index in [0.29, 0.717) is 35.8 Å². The number of benzene rings is 2. The lowest BCUT2D eigenvalue weighted by atomic mass is 9.99. The first-order chi connectivity index (χ1) is 10.1. The van der Waals surface area contributed by atoms with Gasteiger partial charge in [-0.05, 0) is 24.3 Å². The lowest BCUT2D eigenvalue weighted by Crippen LogP contribution is -2.09. The number of aliphatic hydroxyl groups excluding tert-OH is 1. The van der Waals surface area contributed by atoms with Crippen LogP contribution >= 0.6 is 15.9 Å². The molecule has 1 atom stereocenters. The predicted molar refractivity (Wildman–Crippen MR) is 86.4 cm³/mol. The monoisotopic (exact) mass is 351 g/mol. The van der Waals surface area contributed by atoms with E-state index in [1.807, 2.05) is 36.4 Å². The molecule has 0 aliphatic rings. The molecule has 2 aromatic carbocycles. The minimum atomic E-state index is -0.846. The minimum Gasteiger partial charge on any atom is -0.491 e. The van der Waals surface area contributed by atoms with Gasteiger partial charge in [-0.25, -0.2) is 0 Å². The van der Waals surface area contributed by atoms with Crippen LogP contribution in [0, 0.1) is 0 Å². The van der Waals surface area contributed by atoms with Crippen LogP contribution in [-0.2, 0) is 4.74 Å². The highest BCUT2D eigenvalue weighted by atomic mass is 79.9. The van der Waals surface area contributed by atoms with Gasteiger partial charge in [0.25, 0.3) is 0 Å². The van der Waals surface area contributed by atoms with Crippen LogP contribution in [0.3, 0.4) is 0 Å². The highest BCUT2D eigenvalue weighted by Crippen LogP contribution is 2.34. The van der Waals surface area contributed by atoms with Gasteiger partial charge < -0.3 is 20.3 Å². The van der Waals surface area contributed by atoms with E-state index in [1.165, 1.54) is 0 Å². The molecule has 0 bridgehead atoms. The quantitative estimate of drug-likeness (QED) is 0.619. The van der Waals surface area contributed by atoms with Gasteiger partial charge in [0, 0.05) is 28.4 Å². The van der Waals surface area contributed by atoms with E-state index < -0.39 is 6.10 Å². The summed E-state index contributed by atoms with van der Waals surface area (Å²) in [6.45, 7) is 0.914. The summed E-state index contributed by atoms with van der Waals surface area (Å²) in [5, 5.41) is 10.6. The van der Waals surface area contributed by atoms with Crippen molar-refractivity contribution in [2.75, 3.05) is 26.1 Å². The second-order valence-corrected chi connectivity index (χ2v) is 5.47. The maximum absolute atomic E-state index is 10.6. The van der Waals surface area contributed by atoms with Crippen molar-refractivity contribution in [3.63, 3.8) is 0 Å². The van der Waals surface area contributed by atoms with E-state index in [9.17, 15) is 5.11 Å². The Morgan fingerprint density at radius 1 is 1.14 bits per heavy atom. The standard InChI is InChI=1S/C16H18BrNO3/c1-20-8-9-21-15-5-3-2-4-12(15)16(19)13-10-11(17)6-7-14(13)18/h2-7,10,16,19H,8-9,18H2,1H3. The zero-order valence-corrected chi connectivity index (χ0v) is 13.3. The first-order valence-electron chi connectivity index (χ1n) is 6.57. The Bertz CT molecular complexity index is 604. The van der Waals surface area contributed by atoms with Crippen molar-refractivity contribution in [3.05, 3.63) is 58.1 Å². The topological polar surface area (TPSA) is 64.7 Å². The summed E-state index contributed by atoms with van der Waals surface area (Å²) in [6.07, 6.45) is -0.846. The van der Waals surface area contributed by atoms with Gasteiger partial charge >= 0.3 is 0 Å². The Kier molecular flexibility index (Phi) is 5.61. The summed E-state index contributed by atoms with van der Waals surface area (Å²) in [5.74, 6) is 0.626. The third-order valence-corrected chi connectivity index (χ3v) is 3.60. The van der Waals surface area contributed by atoms with Crippen LogP contribution in [0.25, 0.3) is 0 Å². The molecular weight excluding hydrogens is 334 g/mol. The third kappa shape index (κ3) is 3.97. The SMILES string of the molecule is COCCOc1ccccc1C(O)c1cc(Br)ccc1N. The van der Waals surface area contributed by atoms with Gasteiger partial charge in [-0.3, -0.25) is 0 Å². The fourth-order valence-corrected chi connectivity index (χ4v) is 2.40. The number of hydrogen-bond acceptors (Lipinski definition) is 4. The van der Waals surface area contributed by atoms with Gasteiger partial charge in [0.15, 0.2) is 0 Å². The summed E-state index contributed by atoms with van der Waals surface area (Å²) in [4.78, 5) is 0. The molecule has 2 aromatic rings. The predicted octanol–water partition coefficient (Wildman–Crippen LogP) is 3.14. The number of ether oxygens (including phenoxy) is 2. The van der Waals surface area contributed by atoms with Crippen LogP contribution in [-0.4, -0.2) is 25.4 Å². The second-order valence-electron chi connectivity index (χ2n) is 4.55. The average Bonchev–Trinajstić information content (AvgIpc) is 2.50. The van der Waals surface area contributed by atoms with E-state index in [0.717, 1.165) is 4.47 Å². The lowest BCUT2D eigenvalue weighted by molar-refractivity contribution is 0.142. The van der Waals surface area contributed by atoms with Gasteiger partial charge in [0.05, 0.1) is 6.61 Å². The number of halogens is 1. The molecule has 0 fully saturated rings. The van der Waals surface area contributed by atoms with Gasteiger partial charge in [-0.2, -0.15) is 0 Å². The molecule has 21 heavy (non-hydrogen) atoms. The summed E-state index contributed by atoms with van der Waals surface area (Å²) in [6, 6.07) is 12.8. The second kappa shape index (κ2) is 7.45. The van der Waals surface area contributed by atoms with Gasteiger partial charge in [0.2, 0.25) is 0 Å². The van der Waals surface area contributed by atoms with Crippen molar-refractivity contribution >= 4 is 21.6 Å². The largest absolute Gasteiger partial charge is 0.491 e. The molecule has 0 saturated heterocycles. The number of rotatable bonds is 6. The Morgan fingerprint density at radius 3 is 2.67 bits per heavy atom. The Hall–Kier alpha value is -1.56. The molecule has 0 aromatic heterocycles. The van der Waals surface area contributed by atoms with Crippen LogP contribution in [0.1, 0.15) is 17.2 Å². The number of para-hydroxylation sites is 1. The highest BCUT2D eigenvalue weighted by Gasteiger charge is 2.18.